The molecule has 3 heterocycles. The van der Waals surface area contributed by atoms with Crippen LogP contribution in [-0.2, 0) is 5.54 Å². The Morgan fingerprint density at radius 1 is 1.35 bits per heavy atom. The van der Waals surface area contributed by atoms with Gasteiger partial charge in [0.2, 0.25) is 0 Å². The SMILES string of the molecule is CC(Cl)c1nc2cnccc2n1C(C)(C)c1nccs1. The van der Waals surface area contributed by atoms with E-state index in [1.54, 1.807) is 23.7 Å². The van der Waals surface area contributed by atoms with Gasteiger partial charge in [-0.15, -0.1) is 22.9 Å². The third kappa shape index (κ3) is 2.01. The molecule has 0 fully saturated rings. The fourth-order valence-corrected chi connectivity index (χ4v) is 3.32. The minimum atomic E-state index is -0.303. The molecule has 0 N–H and O–H groups in total. The summed E-state index contributed by atoms with van der Waals surface area (Å²) in [6.45, 7) is 6.21. The van der Waals surface area contributed by atoms with Crippen LogP contribution < -0.4 is 0 Å². The van der Waals surface area contributed by atoms with Crippen LogP contribution in [0, 0.1) is 0 Å². The monoisotopic (exact) mass is 306 g/mol. The summed E-state index contributed by atoms with van der Waals surface area (Å²) in [7, 11) is 0. The predicted molar refractivity (Wildman–Crippen MR) is 82.3 cm³/mol. The number of alkyl halides is 1. The third-order valence-electron chi connectivity index (χ3n) is 3.35. The fraction of sp³-hybridized carbons (Fsp3) is 0.357. The van der Waals surface area contributed by atoms with Crippen molar-refractivity contribution in [3.63, 3.8) is 0 Å². The van der Waals surface area contributed by atoms with Gasteiger partial charge in [-0.2, -0.15) is 0 Å². The van der Waals surface area contributed by atoms with Crippen molar-refractivity contribution in [2.45, 2.75) is 31.7 Å². The smallest absolute Gasteiger partial charge is 0.128 e. The predicted octanol–water partition coefficient (Wildman–Crippen LogP) is 3.97. The molecule has 20 heavy (non-hydrogen) atoms. The van der Waals surface area contributed by atoms with Crippen LogP contribution in [0.2, 0.25) is 0 Å². The molecule has 1 atom stereocenters. The number of imidazole rings is 1. The largest absolute Gasteiger partial charge is 0.314 e. The van der Waals surface area contributed by atoms with Crippen LogP contribution in [-0.4, -0.2) is 19.5 Å². The summed E-state index contributed by atoms with van der Waals surface area (Å²) in [6.07, 6.45) is 5.37. The second-order valence-electron chi connectivity index (χ2n) is 5.18. The van der Waals surface area contributed by atoms with Crippen molar-refractivity contribution >= 4 is 34.0 Å². The minimum absolute atomic E-state index is 0.179. The van der Waals surface area contributed by atoms with Gasteiger partial charge in [-0.3, -0.25) is 4.98 Å². The number of rotatable bonds is 3. The number of hydrogen-bond donors (Lipinski definition) is 0. The molecule has 3 rings (SSSR count). The number of fused-ring (bicyclic) bond motifs is 1. The Hall–Kier alpha value is -1.46. The number of thiazole rings is 1. The van der Waals surface area contributed by atoms with Crippen LogP contribution in [0.4, 0.5) is 0 Å². The highest BCUT2D eigenvalue weighted by atomic mass is 35.5. The van der Waals surface area contributed by atoms with Gasteiger partial charge in [0.05, 0.1) is 22.6 Å². The van der Waals surface area contributed by atoms with Crippen LogP contribution >= 0.6 is 22.9 Å². The molecule has 0 aliphatic carbocycles. The maximum atomic E-state index is 6.33. The molecule has 0 aliphatic rings. The van der Waals surface area contributed by atoms with Gasteiger partial charge in [0.25, 0.3) is 0 Å². The molecule has 6 heteroatoms. The zero-order chi connectivity index (χ0) is 14.3. The van der Waals surface area contributed by atoms with Crippen molar-refractivity contribution in [1.82, 2.24) is 19.5 Å². The standard InChI is InChI=1S/C14H15ClN4S/c1-9(15)12-18-10-8-16-5-4-11(10)19(12)14(2,3)13-17-6-7-20-13/h4-9H,1-3H3. The van der Waals surface area contributed by atoms with Gasteiger partial charge >= 0.3 is 0 Å². The first-order valence-electron chi connectivity index (χ1n) is 6.38. The summed E-state index contributed by atoms with van der Waals surface area (Å²) >= 11 is 7.97. The molecule has 104 valence electrons. The second-order valence-corrected chi connectivity index (χ2v) is 6.73. The molecule has 0 aliphatic heterocycles. The highest BCUT2D eigenvalue weighted by Gasteiger charge is 2.31. The Kier molecular flexibility index (Phi) is 3.26. The van der Waals surface area contributed by atoms with Crippen molar-refractivity contribution in [3.05, 3.63) is 40.9 Å². The van der Waals surface area contributed by atoms with Crippen molar-refractivity contribution in [2.24, 2.45) is 0 Å². The van der Waals surface area contributed by atoms with Crippen LogP contribution in [0.3, 0.4) is 0 Å². The summed E-state index contributed by atoms with van der Waals surface area (Å²) in [5, 5.41) is 2.84. The van der Waals surface area contributed by atoms with Crippen molar-refractivity contribution in [1.29, 1.82) is 0 Å². The molecule has 0 saturated heterocycles. The highest BCUT2D eigenvalue weighted by molar-refractivity contribution is 7.09. The van der Waals surface area contributed by atoms with Gasteiger partial charge in [0, 0.05) is 17.8 Å². The molecule has 0 saturated carbocycles. The Balaban J connectivity index is 2.31. The van der Waals surface area contributed by atoms with Crippen molar-refractivity contribution in [2.75, 3.05) is 0 Å². The summed E-state index contributed by atoms with van der Waals surface area (Å²) < 4.78 is 2.17. The Morgan fingerprint density at radius 3 is 2.80 bits per heavy atom. The Labute approximate surface area is 126 Å². The average molecular weight is 307 g/mol. The normalized spacial score (nSPS) is 13.8. The molecule has 3 aromatic heterocycles. The number of nitrogens with zero attached hydrogens (tertiary/aromatic N) is 4. The molecule has 0 aromatic carbocycles. The lowest BCUT2D eigenvalue weighted by molar-refractivity contribution is 0.429. The van der Waals surface area contributed by atoms with E-state index in [1.807, 2.05) is 24.6 Å². The summed E-state index contributed by atoms with van der Waals surface area (Å²) in [5.41, 5.74) is 1.59. The van der Waals surface area contributed by atoms with E-state index in [1.165, 1.54) is 0 Å². The van der Waals surface area contributed by atoms with Gasteiger partial charge in [-0.1, -0.05) is 0 Å². The van der Waals surface area contributed by atoms with E-state index in [2.05, 4.69) is 33.4 Å². The molecular formula is C14H15ClN4S. The molecule has 0 amide bonds. The van der Waals surface area contributed by atoms with Crippen LogP contribution in [0.15, 0.2) is 30.0 Å². The van der Waals surface area contributed by atoms with E-state index in [4.69, 9.17) is 11.6 Å². The number of hydrogen-bond acceptors (Lipinski definition) is 4. The van der Waals surface area contributed by atoms with Crippen molar-refractivity contribution in [3.8, 4) is 0 Å². The Bertz CT molecular complexity index is 731. The first-order chi connectivity index (χ1) is 9.51. The second kappa shape index (κ2) is 4.82. The summed E-state index contributed by atoms with van der Waals surface area (Å²) in [5.74, 6) is 0.842. The van der Waals surface area contributed by atoms with Gasteiger partial charge in [-0.25, -0.2) is 9.97 Å². The average Bonchev–Trinajstić information content (AvgIpc) is 3.06. The first kappa shape index (κ1) is 13.5. The zero-order valence-corrected chi connectivity index (χ0v) is 13.1. The van der Waals surface area contributed by atoms with E-state index in [0.717, 1.165) is 21.9 Å². The van der Waals surface area contributed by atoms with Crippen LogP contribution in [0.5, 0.6) is 0 Å². The van der Waals surface area contributed by atoms with E-state index < -0.39 is 0 Å². The van der Waals surface area contributed by atoms with Crippen LogP contribution in [0.1, 0.15) is 37.0 Å². The van der Waals surface area contributed by atoms with Gasteiger partial charge in [0.1, 0.15) is 16.3 Å². The van der Waals surface area contributed by atoms with E-state index in [9.17, 15) is 0 Å². The minimum Gasteiger partial charge on any atom is -0.314 e. The lowest BCUT2D eigenvalue weighted by Gasteiger charge is -2.28. The van der Waals surface area contributed by atoms with E-state index in [0.29, 0.717) is 0 Å². The molecular weight excluding hydrogens is 292 g/mol. The number of aromatic nitrogens is 4. The first-order valence-corrected chi connectivity index (χ1v) is 7.70. The van der Waals surface area contributed by atoms with E-state index >= 15 is 0 Å². The molecule has 0 spiro atoms. The van der Waals surface area contributed by atoms with Crippen LogP contribution in [0.25, 0.3) is 11.0 Å². The molecule has 0 radical (unpaired) electrons. The van der Waals surface area contributed by atoms with Gasteiger partial charge in [0.15, 0.2) is 0 Å². The summed E-state index contributed by atoms with van der Waals surface area (Å²) in [6, 6.07) is 1.97. The van der Waals surface area contributed by atoms with Gasteiger partial charge < -0.3 is 4.57 Å². The maximum Gasteiger partial charge on any atom is 0.128 e. The summed E-state index contributed by atoms with van der Waals surface area (Å²) in [4.78, 5) is 13.2. The highest BCUT2D eigenvalue weighted by Crippen LogP contribution is 2.35. The topological polar surface area (TPSA) is 43.6 Å². The molecule has 3 aromatic rings. The Morgan fingerprint density at radius 2 is 2.15 bits per heavy atom. The lowest BCUT2D eigenvalue weighted by Crippen LogP contribution is -2.29. The molecule has 1 unspecified atom stereocenters. The van der Waals surface area contributed by atoms with Crippen molar-refractivity contribution < 1.29 is 0 Å². The zero-order valence-electron chi connectivity index (χ0n) is 11.5. The molecule has 0 bridgehead atoms. The number of pyridine rings is 1. The number of halogens is 1. The fourth-order valence-electron chi connectivity index (χ4n) is 2.43. The maximum absolute atomic E-state index is 6.33. The van der Waals surface area contributed by atoms with Gasteiger partial charge in [-0.05, 0) is 26.8 Å². The van der Waals surface area contributed by atoms with E-state index in [-0.39, 0.29) is 10.9 Å². The third-order valence-corrected chi connectivity index (χ3v) is 4.63. The lowest BCUT2D eigenvalue weighted by atomic mass is 10.1. The molecule has 4 nitrogen and oxygen atoms in total. The quantitative estimate of drug-likeness (QED) is 0.688.